The van der Waals surface area contributed by atoms with Gasteiger partial charge in [0.15, 0.2) is 0 Å². The second kappa shape index (κ2) is 7.46. The normalized spacial score (nSPS) is 10.4. The quantitative estimate of drug-likeness (QED) is 0.678. The molecule has 1 heterocycles. The number of hydrogen-bond donors (Lipinski definition) is 2. The van der Waals surface area contributed by atoms with Crippen LogP contribution >= 0.6 is 23.2 Å². The molecule has 3 rings (SSSR count). The number of hydrogen-bond acceptors (Lipinski definition) is 4. The van der Waals surface area contributed by atoms with Gasteiger partial charge in [-0.25, -0.2) is 14.4 Å². The molecule has 0 aliphatic heterocycles. The minimum absolute atomic E-state index is 0.0945. The summed E-state index contributed by atoms with van der Waals surface area (Å²) < 4.78 is 13.1. The number of carbonyl (C=O) groups is 1. The monoisotopic (exact) mass is 376 g/mol. The van der Waals surface area contributed by atoms with Gasteiger partial charge in [-0.15, -0.1) is 0 Å². The number of nitrogens with one attached hydrogen (secondary N) is 2. The van der Waals surface area contributed by atoms with Crippen LogP contribution in [0.5, 0.6) is 0 Å². The average molecular weight is 377 g/mol. The lowest BCUT2D eigenvalue weighted by molar-refractivity contribution is 0.102. The summed E-state index contributed by atoms with van der Waals surface area (Å²) in [5, 5.41) is 6.48. The molecule has 0 unspecified atom stereocenters. The molecule has 5 nitrogen and oxygen atoms in total. The zero-order valence-corrected chi connectivity index (χ0v) is 14.1. The van der Waals surface area contributed by atoms with Crippen molar-refractivity contribution in [2.45, 2.75) is 0 Å². The van der Waals surface area contributed by atoms with Gasteiger partial charge in [-0.05, 0) is 36.4 Å². The molecule has 126 valence electrons. The molecule has 0 saturated carbocycles. The first-order valence-electron chi connectivity index (χ1n) is 7.12. The Morgan fingerprint density at radius 2 is 1.88 bits per heavy atom. The largest absolute Gasteiger partial charge is 0.338 e. The van der Waals surface area contributed by atoms with Gasteiger partial charge in [0.1, 0.15) is 17.3 Å². The summed E-state index contributed by atoms with van der Waals surface area (Å²) >= 11 is 11.9. The van der Waals surface area contributed by atoms with Crippen molar-refractivity contribution in [3.05, 3.63) is 76.4 Å². The molecular weight excluding hydrogens is 366 g/mol. The predicted molar refractivity (Wildman–Crippen MR) is 96.1 cm³/mol. The van der Waals surface area contributed by atoms with Crippen LogP contribution < -0.4 is 10.6 Å². The second-order valence-corrected chi connectivity index (χ2v) is 5.84. The molecule has 0 fully saturated rings. The lowest BCUT2D eigenvalue weighted by Crippen LogP contribution is -2.14. The smallest absolute Gasteiger partial charge is 0.275 e. The molecule has 3 aromatic rings. The maximum Gasteiger partial charge on any atom is 0.275 e. The van der Waals surface area contributed by atoms with Gasteiger partial charge in [-0.2, -0.15) is 0 Å². The molecule has 0 atom stereocenters. The van der Waals surface area contributed by atoms with E-state index < -0.39 is 11.7 Å². The highest BCUT2D eigenvalue weighted by Crippen LogP contribution is 2.27. The number of benzene rings is 2. The highest BCUT2D eigenvalue weighted by Gasteiger charge is 2.10. The third kappa shape index (κ3) is 4.43. The maximum atomic E-state index is 13.1. The number of carbonyl (C=O) groups excluding carboxylic acids is 1. The van der Waals surface area contributed by atoms with Crippen LogP contribution in [-0.2, 0) is 0 Å². The molecule has 2 aromatic carbocycles. The Hall–Kier alpha value is -2.70. The van der Waals surface area contributed by atoms with E-state index in [0.717, 1.165) is 0 Å². The predicted octanol–water partition coefficient (Wildman–Crippen LogP) is 4.92. The van der Waals surface area contributed by atoms with Crippen molar-refractivity contribution in [3.63, 3.8) is 0 Å². The maximum absolute atomic E-state index is 13.1. The molecule has 0 saturated heterocycles. The van der Waals surface area contributed by atoms with E-state index in [9.17, 15) is 9.18 Å². The summed E-state index contributed by atoms with van der Waals surface area (Å²) in [6.45, 7) is 0. The van der Waals surface area contributed by atoms with Gasteiger partial charge in [0.2, 0.25) is 0 Å². The molecule has 8 heteroatoms. The third-order valence-corrected chi connectivity index (χ3v) is 3.71. The fourth-order valence-corrected chi connectivity index (χ4v) is 2.46. The van der Waals surface area contributed by atoms with Crippen molar-refractivity contribution in [2.24, 2.45) is 0 Å². The zero-order chi connectivity index (χ0) is 17.8. The van der Waals surface area contributed by atoms with Crippen molar-refractivity contribution >= 4 is 46.3 Å². The van der Waals surface area contributed by atoms with E-state index in [-0.39, 0.29) is 5.69 Å². The van der Waals surface area contributed by atoms with E-state index in [1.807, 2.05) is 0 Å². The van der Waals surface area contributed by atoms with E-state index in [1.54, 1.807) is 24.3 Å². The number of anilines is 3. The fourth-order valence-electron chi connectivity index (χ4n) is 2.00. The minimum atomic E-state index is -0.492. The van der Waals surface area contributed by atoms with Crippen LogP contribution in [0.15, 0.2) is 54.9 Å². The van der Waals surface area contributed by atoms with Crippen LogP contribution in [0.2, 0.25) is 10.0 Å². The number of rotatable bonds is 4. The molecule has 0 spiro atoms. The van der Waals surface area contributed by atoms with Crippen molar-refractivity contribution in [2.75, 3.05) is 10.6 Å². The average Bonchev–Trinajstić information content (AvgIpc) is 2.58. The SMILES string of the molecule is O=C(Nc1cccc(F)c1)c1cnc(Nc2ccc(Cl)cc2Cl)cn1. The molecule has 1 amide bonds. The summed E-state index contributed by atoms with van der Waals surface area (Å²) in [5.41, 5.74) is 1.04. The van der Waals surface area contributed by atoms with Gasteiger partial charge in [0, 0.05) is 10.7 Å². The first kappa shape index (κ1) is 17.1. The Morgan fingerprint density at radius 1 is 1.04 bits per heavy atom. The van der Waals surface area contributed by atoms with Gasteiger partial charge < -0.3 is 10.6 Å². The standard InChI is InChI=1S/C17H11Cl2FN4O/c18-10-4-5-14(13(19)6-10)24-16-9-21-15(8-22-16)17(25)23-12-3-1-2-11(20)7-12/h1-9H,(H,22,24)(H,23,25). The van der Waals surface area contributed by atoms with Crippen molar-refractivity contribution in [1.82, 2.24) is 9.97 Å². The van der Waals surface area contributed by atoms with Gasteiger partial charge >= 0.3 is 0 Å². The molecule has 0 aliphatic carbocycles. The summed E-state index contributed by atoms with van der Waals surface area (Å²) in [4.78, 5) is 20.3. The van der Waals surface area contributed by atoms with E-state index in [1.165, 1.54) is 30.6 Å². The Labute approximate surface area is 152 Å². The number of halogens is 3. The van der Waals surface area contributed by atoms with Crippen LogP contribution in [0.3, 0.4) is 0 Å². The summed E-state index contributed by atoms with van der Waals surface area (Å²) in [7, 11) is 0. The molecule has 0 radical (unpaired) electrons. The van der Waals surface area contributed by atoms with Gasteiger partial charge in [-0.1, -0.05) is 29.3 Å². The summed E-state index contributed by atoms with van der Waals surface area (Å²) in [6, 6.07) is 10.6. The van der Waals surface area contributed by atoms with Crippen LogP contribution in [0.1, 0.15) is 10.5 Å². The molecule has 1 aromatic heterocycles. The highest BCUT2D eigenvalue weighted by molar-refractivity contribution is 6.36. The second-order valence-electron chi connectivity index (χ2n) is 5.00. The van der Waals surface area contributed by atoms with Gasteiger partial charge in [0.25, 0.3) is 5.91 Å². The summed E-state index contributed by atoms with van der Waals surface area (Å²) in [6.07, 6.45) is 2.70. The third-order valence-electron chi connectivity index (χ3n) is 3.16. The van der Waals surface area contributed by atoms with Crippen LogP contribution in [0.25, 0.3) is 0 Å². The highest BCUT2D eigenvalue weighted by atomic mass is 35.5. The zero-order valence-electron chi connectivity index (χ0n) is 12.6. The minimum Gasteiger partial charge on any atom is -0.338 e. The number of nitrogens with zero attached hydrogens (tertiary/aromatic N) is 2. The number of aromatic nitrogens is 2. The van der Waals surface area contributed by atoms with Crippen LogP contribution in [0, 0.1) is 5.82 Å². The lowest BCUT2D eigenvalue weighted by atomic mass is 10.3. The van der Waals surface area contributed by atoms with Gasteiger partial charge in [0.05, 0.1) is 23.1 Å². The van der Waals surface area contributed by atoms with E-state index in [0.29, 0.717) is 27.2 Å². The van der Waals surface area contributed by atoms with Gasteiger partial charge in [-0.3, -0.25) is 4.79 Å². The molecule has 25 heavy (non-hydrogen) atoms. The van der Waals surface area contributed by atoms with Crippen LogP contribution in [-0.4, -0.2) is 15.9 Å². The summed E-state index contributed by atoms with van der Waals surface area (Å²) in [5.74, 6) is -0.524. The lowest BCUT2D eigenvalue weighted by Gasteiger charge is -2.08. The first-order valence-corrected chi connectivity index (χ1v) is 7.88. The van der Waals surface area contributed by atoms with Crippen molar-refractivity contribution < 1.29 is 9.18 Å². The van der Waals surface area contributed by atoms with Crippen molar-refractivity contribution in [1.29, 1.82) is 0 Å². The molecule has 0 bridgehead atoms. The van der Waals surface area contributed by atoms with E-state index in [2.05, 4.69) is 20.6 Å². The molecule has 0 aliphatic rings. The topological polar surface area (TPSA) is 66.9 Å². The molecular formula is C17H11Cl2FN4O. The van der Waals surface area contributed by atoms with Crippen LogP contribution in [0.4, 0.5) is 21.6 Å². The Balaban J connectivity index is 1.70. The van der Waals surface area contributed by atoms with Crippen molar-refractivity contribution in [3.8, 4) is 0 Å². The Morgan fingerprint density at radius 3 is 2.56 bits per heavy atom. The van der Waals surface area contributed by atoms with E-state index >= 15 is 0 Å². The Bertz CT molecular complexity index is 919. The fraction of sp³-hybridized carbons (Fsp3) is 0. The van der Waals surface area contributed by atoms with E-state index in [4.69, 9.17) is 23.2 Å². The first-order chi connectivity index (χ1) is 12.0. The molecule has 2 N–H and O–H groups in total. The Kier molecular flexibility index (Phi) is 5.11. The number of amides is 1.